The Morgan fingerprint density at radius 2 is 1.83 bits per heavy atom. The Morgan fingerprint density at radius 1 is 1.25 bits per heavy atom. The summed E-state index contributed by atoms with van der Waals surface area (Å²) in [4.78, 5) is 0. The molecule has 0 nitrogen and oxygen atoms in total. The Morgan fingerprint density at radius 3 is 2.33 bits per heavy atom. The molecule has 0 spiro atoms. The first kappa shape index (κ1) is 8.76. The minimum absolute atomic E-state index is 0.246. The lowest BCUT2D eigenvalue weighted by atomic mass is 10.1. The Hall–Kier alpha value is 0.180. The predicted molar refractivity (Wildman–Crippen MR) is 58.8 cm³/mol. The first-order valence-electron chi connectivity index (χ1n) is 4.10. The van der Waals surface area contributed by atoms with Crippen LogP contribution in [0.3, 0.4) is 0 Å². The number of rotatable bonds is 2. The first-order chi connectivity index (χ1) is 5.68. The van der Waals surface area contributed by atoms with Crippen LogP contribution in [-0.2, 0) is 6.42 Å². The summed E-state index contributed by atoms with van der Waals surface area (Å²) in [5, 5.41) is 0. The fraction of sp³-hybridized carbons (Fsp3) is 0.400. The van der Waals surface area contributed by atoms with Gasteiger partial charge in [0.25, 0.3) is 0 Å². The van der Waals surface area contributed by atoms with E-state index in [-0.39, 0.29) is 3.23 Å². The number of hydrogen-bond donors (Lipinski definition) is 0. The molecule has 1 unspecified atom stereocenters. The van der Waals surface area contributed by atoms with E-state index < -0.39 is 0 Å². The summed E-state index contributed by atoms with van der Waals surface area (Å²) in [5.74, 6) is 0.764. The molecule has 2 rings (SSSR count). The van der Waals surface area contributed by atoms with Gasteiger partial charge < -0.3 is 0 Å². The zero-order valence-electron chi connectivity index (χ0n) is 6.63. The zero-order chi connectivity index (χ0) is 8.60. The van der Waals surface area contributed by atoms with Gasteiger partial charge in [0.05, 0.1) is 3.23 Å². The van der Waals surface area contributed by atoms with Crippen molar-refractivity contribution in [3.8, 4) is 0 Å². The molecule has 1 aromatic carbocycles. The van der Waals surface area contributed by atoms with Crippen LogP contribution in [0.1, 0.15) is 12.0 Å². The van der Waals surface area contributed by atoms with Crippen molar-refractivity contribution in [2.45, 2.75) is 16.1 Å². The van der Waals surface area contributed by atoms with Crippen LogP contribution in [0.5, 0.6) is 0 Å². The SMILES string of the molecule is BrC1(Br)CC1Cc1ccccc1. The zero-order valence-corrected chi connectivity index (χ0v) is 9.81. The quantitative estimate of drug-likeness (QED) is 0.728. The molecule has 0 saturated heterocycles. The molecule has 0 aliphatic heterocycles. The highest BCUT2D eigenvalue weighted by atomic mass is 79.9. The van der Waals surface area contributed by atoms with Crippen molar-refractivity contribution >= 4 is 31.9 Å². The van der Waals surface area contributed by atoms with Crippen molar-refractivity contribution in [1.82, 2.24) is 0 Å². The molecule has 12 heavy (non-hydrogen) atoms. The number of alkyl halides is 2. The second-order valence-corrected chi connectivity index (χ2v) is 7.25. The van der Waals surface area contributed by atoms with Crippen molar-refractivity contribution in [2.75, 3.05) is 0 Å². The van der Waals surface area contributed by atoms with E-state index in [4.69, 9.17) is 0 Å². The molecule has 0 radical (unpaired) electrons. The smallest absolute Gasteiger partial charge is 0.0724 e. The van der Waals surface area contributed by atoms with Crippen LogP contribution in [0.4, 0.5) is 0 Å². The highest BCUT2D eigenvalue weighted by Crippen LogP contribution is 2.57. The van der Waals surface area contributed by atoms with E-state index in [0.29, 0.717) is 0 Å². The normalized spacial score (nSPS) is 25.3. The van der Waals surface area contributed by atoms with E-state index >= 15 is 0 Å². The van der Waals surface area contributed by atoms with Crippen molar-refractivity contribution in [1.29, 1.82) is 0 Å². The van der Waals surface area contributed by atoms with E-state index in [9.17, 15) is 0 Å². The third kappa shape index (κ3) is 1.91. The van der Waals surface area contributed by atoms with Gasteiger partial charge in [-0.2, -0.15) is 0 Å². The van der Waals surface area contributed by atoms with Gasteiger partial charge in [0.1, 0.15) is 0 Å². The van der Waals surface area contributed by atoms with Crippen LogP contribution in [-0.4, -0.2) is 3.23 Å². The molecule has 0 aromatic heterocycles. The summed E-state index contributed by atoms with van der Waals surface area (Å²) in [6.07, 6.45) is 2.42. The third-order valence-electron chi connectivity index (χ3n) is 2.28. The van der Waals surface area contributed by atoms with E-state index in [1.165, 1.54) is 18.4 Å². The number of benzene rings is 1. The minimum Gasteiger partial charge on any atom is -0.0724 e. The molecular weight excluding hydrogens is 280 g/mol. The Bertz CT molecular complexity index is 266. The summed E-state index contributed by atoms with van der Waals surface area (Å²) in [6.45, 7) is 0. The van der Waals surface area contributed by atoms with Crippen molar-refractivity contribution < 1.29 is 0 Å². The van der Waals surface area contributed by atoms with Crippen molar-refractivity contribution in [2.24, 2.45) is 5.92 Å². The summed E-state index contributed by atoms with van der Waals surface area (Å²) in [7, 11) is 0. The lowest BCUT2D eigenvalue weighted by molar-refractivity contribution is 0.831. The predicted octanol–water partition coefficient (Wildman–Crippen LogP) is 3.74. The number of hydrogen-bond acceptors (Lipinski definition) is 0. The van der Waals surface area contributed by atoms with Crippen LogP contribution in [0.25, 0.3) is 0 Å². The lowest BCUT2D eigenvalue weighted by Crippen LogP contribution is -1.93. The molecule has 1 aromatic rings. The van der Waals surface area contributed by atoms with E-state index in [1.54, 1.807) is 0 Å². The fourth-order valence-electron chi connectivity index (χ4n) is 1.39. The van der Waals surface area contributed by atoms with Crippen LogP contribution < -0.4 is 0 Å². The second-order valence-electron chi connectivity index (χ2n) is 3.35. The number of halogens is 2. The van der Waals surface area contributed by atoms with Gasteiger partial charge in [0.2, 0.25) is 0 Å². The largest absolute Gasteiger partial charge is 0.0841 e. The molecule has 0 heterocycles. The Balaban J connectivity index is 1.98. The van der Waals surface area contributed by atoms with Crippen LogP contribution in [0.2, 0.25) is 0 Å². The second kappa shape index (κ2) is 3.15. The molecular formula is C10H10Br2. The molecule has 64 valence electrons. The molecule has 0 amide bonds. The van der Waals surface area contributed by atoms with Crippen molar-refractivity contribution in [3.63, 3.8) is 0 Å². The van der Waals surface area contributed by atoms with Gasteiger partial charge in [0.15, 0.2) is 0 Å². The van der Waals surface area contributed by atoms with Gasteiger partial charge in [0, 0.05) is 0 Å². The van der Waals surface area contributed by atoms with Crippen molar-refractivity contribution in [3.05, 3.63) is 35.9 Å². The van der Waals surface area contributed by atoms with Gasteiger partial charge in [-0.15, -0.1) is 0 Å². The molecule has 1 aliphatic rings. The molecule has 0 N–H and O–H groups in total. The van der Waals surface area contributed by atoms with E-state index in [1.807, 2.05) is 0 Å². The highest BCUT2D eigenvalue weighted by molar-refractivity contribution is 9.25. The maximum Gasteiger partial charge on any atom is 0.0841 e. The lowest BCUT2D eigenvalue weighted by Gasteiger charge is -2.00. The van der Waals surface area contributed by atoms with Gasteiger partial charge >= 0.3 is 0 Å². The summed E-state index contributed by atoms with van der Waals surface area (Å²) in [5.41, 5.74) is 1.43. The topological polar surface area (TPSA) is 0 Å². The highest BCUT2D eigenvalue weighted by Gasteiger charge is 2.49. The monoisotopic (exact) mass is 288 g/mol. The summed E-state index contributed by atoms with van der Waals surface area (Å²) in [6, 6.07) is 10.6. The van der Waals surface area contributed by atoms with E-state index in [2.05, 4.69) is 62.2 Å². The summed E-state index contributed by atoms with van der Waals surface area (Å²) < 4.78 is 0.246. The summed E-state index contributed by atoms with van der Waals surface area (Å²) >= 11 is 7.25. The fourth-order valence-corrected chi connectivity index (χ4v) is 2.50. The van der Waals surface area contributed by atoms with E-state index in [0.717, 1.165) is 5.92 Å². The van der Waals surface area contributed by atoms with Gasteiger partial charge in [-0.1, -0.05) is 62.2 Å². The van der Waals surface area contributed by atoms with Gasteiger partial charge in [-0.05, 0) is 24.3 Å². The van der Waals surface area contributed by atoms with Gasteiger partial charge in [-0.3, -0.25) is 0 Å². The average molecular weight is 290 g/mol. The Labute approximate surface area is 89.6 Å². The molecule has 1 atom stereocenters. The van der Waals surface area contributed by atoms with Gasteiger partial charge in [-0.25, -0.2) is 0 Å². The average Bonchev–Trinajstić information content (AvgIpc) is 2.61. The molecule has 2 heteroatoms. The van der Waals surface area contributed by atoms with Crippen LogP contribution in [0.15, 0.2) is 30.3 Å². The van der Waals surface area contributed by atoms with Crippen LogP contribution in [0, 0.1) is 5.92 Å². The molecule has 0 bridgehead atoms. The molecule has 1 aliphatic carbocycles. The standard InChI is InChI=1S/C10H10Br2/c11-10(12)7-9(10)6-8-4-2-1-3-5-8/h1-5,9H,6-7H2. The van der Waals surface area contributed by atoms with Crippen LogP contribution >= 0.6 is 31.9 Å². The Kier molecular flexibility index (Phi) is 2.30. The maximum atomic E-state index is 3.63. The molecule has 1 fully saturated rings. The maximum absolute atomic E-state index is 3.63. The first-order valence-corrected chi connectivity index (χ1v) is 5.69. The molecule has 1 saturated carbocycles. The minimum atomic E-state index is 0.246. The third-order valence-corrected chi connectivity index (χ3v) is 4.22.